The summed E-state index contributed by atoms with van der Waals surface area (Å²) in [5.74, 6) is 0.485. The lowest BCUT2D eigenvalue weighted by Gasteiger charge is -2.06. The first kappa shape index (κ1) is 13.2. The van der Waals surface area contributed by atoms with Crippen LogP contribution in [-0.4, -0.2) is 16.6 Å². The molecule has 0 saturated carbocycles. The Bertz CT molecular complexity index is 709. The predicted molar refractivity (Wildman–Crippen MR) is 83.6 cm³/mol. The van der Waals surface area contributed by atoms with E-state index in [1.54, 1.807) is 11.3 Å². The summed E-state index contributed by atoms with van der Waals surface area (Å²) in [5.41, 5.74) is 7.39. The highest BCUT2D eigenvalue weighted by Crippen LogP contribution is 2.34. The van der Waals surface area contributed by atoms with Gasteiger partial charge < -0.3 is 10.5 Å². The van der Waals surface area contributed by atoms with E-state index < -0.39 is 0 Å². The highest BCUT2D eigenvalue weighted by Gasteiger charge is 2.09. The molecule has 3 aromatic rings. The van der Waals surface area contributed by atoms with Crippen molar-refractivity contribution >= 4 is 39.0 Å². The maximum absolute atomic E-state index is 5.82. The van der Waals surface area contributed by atoms with Gasteiger partial charge in [-0.3, -0.25) is 0 Å². The van der Waals surface area contributed by atoms with Crippen molar-refractivity contribution in [2.75, 3.05) is 12.3 Å². The Kier molecular flexibility index (Phi) is 3.75. The number of hydrogen-bond donors (Lipinski definition) is 1. The molecule has 2 heterocycles. The van der Waals surface area contributed by atoms with Crippen LogP contribution in [0.5, 0.6) is 5.88 Å². The van der Waals surface area contributed by atoms with E-state index in [9.17, 15) is 0 Å². The number of benzene rings is 1. The fraction of sp³-hybridized carbons (Fsp3) is 0.143. The largest absolute Gasteiger partial charge is 0.476 e. The van der Waals surface area contributed by atoms with Gasteiger partial charge in [-0.2, -0.15) is 0 Å². The summed E-state index contributed by atoms with van der Waals surface area (Å²) in [7, 11) is 0. The van der Waals surface area contributed by atoms with Gasteiger partial charge in [-0.1, -0.05) is 12.1 Å². The molecule has 20 heavy (non-hydrogen) atoms. The Morgan fingerprint density at radius 2 is 2.05 bits per heavy atom. The number of hydrogen-bond acceptors (Lipinski definition) is 6. The number of fused-ring (bicyclic) bond motifs is 1. The molecule has 0 aliphatic carbocycles. The maximum atomic E-state index is 5.82. The molecule has 0 amide bonds. The molecule has 3 rings (SSSR count). The molecule has 2 N–H and O–H groups in total. The van der Waals surface area contributed by atoms with Crippen LogP contribution in [0.3, 0.4) is 0 Å². The van der Waals surface area contributed by atoms with Crippen LogP contribution < -0.4 is 10.5 Å². The van der Waals surface area contributed by atoms with E-state index in [1.165, 1.54) is 16.5 Å². The number of pyridine rings is 1. The Hall–Kier alpha value is -1.79. The fourth-order valence-electron chi connectivity index (χ4n) is 1.73. The van der Waals surface area contributed by atoms with Gasteiger partial charge >= 0.3 is 0 Å². The average Bonchev–Trinajstić information content (AvgIpc) is 2.85. The monoisotopic (exact) mass is 303 g/mol. The summed E-state index contributed by atoms with van der Waals surface area (Å²) in [6, 6.07) is 11.8. The second kappa shape index (κ2) is 5.68. The summed E-state index contributed by atoms with van der Waals surface area (Å²) in [6.07, 6.45) is 0. The zero-order valence-electron chi connectivity index (χ0n) is 10.9. The zero-order valence-corrected chi connectivity index (χ0v) is 12.5. The van der Waals surface area contributed by atoms with E-state index in [2.05, 4.69) is 16.0 Å². The number of anilines is 1. The van der Waals surface area contributed by atoms with Crippen molar-refractivity contribution in [1.29, 1.82) is 0 Å². The van der Waals surface area contributed by atoms with Crippen molar-refractivity contribution in [3.63, 3.8) is 0 Å². The molecule has 1 aromatic carbocycles. The molecule has 6 heteroatoms. The molecule has 2 aromatic heterocycles. The van der Waals surface area contributed by atoms with Crippen LogP contribution in [0.15, 0.2) is 45.8 Å². The number of nitrogens with two attached hydrogens (primary N) is 1. The Labute approximate surface area is 125 Å². The lowest BCUT2D eigenvalue weighted by molar-refractivity contribution is 0.326. The number of aromatic nitrogens is 2. The van der Waals surface area contributed by atoms with Crippen molar-refractivity contribution in [2.24, 2.45) is 0 Å². The zero-order chi connectivity index (χ0) is 13.9. The number of para-hydroxylation sites is 1. The first-order valence-corrected chi connectivity index (χ1v) is 7.82. The van der Waals surface area contributed by atoms with Crippen LogP contribution in [0.4, 0.5) is 5.69 Å². The average molecular weight is 303 g/mol. The van der Waals surface area contributed by atoms with Crippen LogP contribution >= 0.6 is 23.1 Å². The van der Waals surface area contributed by atoms with E-state index in [1.807, 2.05) is 37.3 Å². The van der Waals surface area contributed by atoms with Crippen molar-refractivity contribution in [3.8, 4) is 5.88 Å². The Morgan fingerprint density at radius 3 is 2.85 bits per heavy atom. The summed E-state index contributed by atoms with van der Waals surface area (Å²) in [6.45, 7) is 2.46. The minimum absolute atomic E-state index is 0.485. The lowest BCUT2D eigenvalue weighted by atomic mass is 10.3. The van der Waals surface area contributed by atoms with Crippen LogP contribution in [0, 0.1) is 0 Å². The highest BCUT2D eigenvalue weighted by atomic mass is 32.2. The van der Waals surface area contributed by atoms with Gasteiger partial charge in [0, 0.05) is 0 Å². The van der Waals surface area contributed by atoms with E-state index in [4.69, 9.17) is 10.5 Å². The van der Waals surface area contributed by atoms with Crippen LogP contribution in [0.2, 0.25) is 0 Å². The Balaban J connectivity index is 1.88. The third-order valence-corrected chi connectivity index (χ3v) is 4.64. The molecule has 0 unspecified atom stereocenters. The van der Waals surface area contributed by atoms with Gasteiger partial charge in [0.15, 0.2) is 4.34 Å². The van der Waals surface area contributed by atoms with Gasteiger partial charge in [0.1, 0.15) is 5.03 Å². The SMILES string of the molecule is CCOc1nc(Sc2nc3ccccc3s2)ccc1N. The molecule has 0 atom stereocenters. The summed E-state index contributed by atoms with van der Waals surface area (Å²) in [4.78, 5) is 8.99. The van der Waals surface area contributed by atoms with E-state index in [0.29, 0.717) is 18.2 Å². The van der Waals surface area contributed by atoms with Crippen LogP contribution in [0.1, 0.15) is 6.92 Å². The van der Waals surface area contributed by atoms with Crippen molar-refractivity contribution in [3.05, 3.63) is 36.4 Å². The van der Waals surface area contributed by atoms with Crippen LogP contribution in [0.25, 0.3) is 10.2 Å². The van der Waals surface area contributed by atoms with Crippen molar-refractivity contribution in [2.45, 2.75) is 16.3 Å². The van der Waals surface area contributed by atoms with Gasteiger partial charge in [0.25, 0.3) is 0 Å². The number of nitrogen functional groups attached to an aromatic ring is 1. The second-order valence-corrected chi connectivity index (χ2v) is 6.32. The molecule has 0 spiro atoms. The first-order chi connectivity index (χ1) is 9.76. The molecule has 0 saturated heterocycles. The molecule has 0 fully saturated rings. The van der Waals surface area contributed by atoms with E-state index in [-0.39, 0.29) is 0 Å². The van der Waals surface area contributed by atoms with Crippen LogP contribution in [-0.2, 0) is 0 Å². The molecule has 102 valence electrons. The molecule has 0 aliphatic heterocycles. The molecule has 0 aliphatic rings. The second-order valence-electron chi connectivity index (χ2n) is 4.03. The molecule has 0 radical (unpaired) electrons. The minimum atomic E-state index is 0.485. The standard InChI is InChI=1S/C14H13N3OS2/c1-2-18-13-9(15)7-8-12(17-13)20-14-16-10-5-3-4-6-11(10)19-14/h3-8H,2,15H2,1H3. The van der Waals surface area contributed by atoms with E-state index in [0.717, 1.165) is 14.9 Å². The quantitative estimate of drug-likeness (QED) is 0.794. The summed E-state index contributed by atoms with van der Waals surface area (Å²) < 4.78 is 7.55. The number of ether oxygens (including phenoxy) is 1. The van der Waals surface area contributed by atoms with Gasteiger partial charge in [-0.25, -0.2) is 9.97 Å². The van der Waals surface area contributed by atoms with Crippen molar-refractivity contribution in [1.82, 2.24) is 9.97 Å². The molecule has 0 bridgehead atoms. The fourth-order valence-corrected chi connectivity index (χ4v) is 3.70. The third-order valence-electron chi connectivity index (χ3n) is 2.61. The summed E-state index contributed by atoms with van der Waals surface area (Å²) >= 11 is 3.18. The first-order valence-electron chi connectivity index (χ1n) is 6.19. The third kappa shape index (κ3) is 2.71. The van der Waals surface area contributed by atoms with Gasteiger partial charge in [-0.05, 0) is 43.0 Å². The van der Waals surface area contributed by atoms with Gasteiger partial charge in [0.05, 0.1) is 22.5 Å². The topological polar surface area (TPSA) is 61.0 Å². The molecular formula is C14H13N3OS2. The molecule has 4 nitrogen and oxygen atoms in total. The smallest absolute Gasteiger partial charge is 0.238 e. The van der Waals surface area contributed by atoms with Gasteiger partial charge in [-0.15, -0.1) is 11.3 Å². The predicted octanol–water partition coefficient (Wildman–Crippen LogP) is 3.82. The number of thiazole rings is 1. The van der Waals surface area contributed by atoms with E-state index >= 15 is 0 Å². The number of nitrogens with zero attached hydrogens (tertiary/aromatic N) is 2. The normalized spacial score (nSPS) is 10.8. The lowest BCUT2D eigenvalue weighted by Crippen LogP contribution is -1.99. The Morgan fingerprint density at radius 1 is 1.20 bits per heavy atom. The van der Waals surface area contributed by atoms with Gasteiger partial charge in [0.2, 0.25) is 5.88 Å². The minimum Gasteiger partial charge on any atom is -0.476 e. The van der Waals surface area contributed by atoms with Crippen molar-refractivity contribution < 1.29 is 4.74 Å². The highest BCUT2D eigenvalue weighted by molar-refractivity contribution is 8.01. The number of rotatable bonds is 4. The maximum Gasteiger partial charge on any atom is 0.238 e. The molecular weight excluding hydrogens is 290 g/mol. The summed E-state index contributed by atoms with van der Waals surface area (Å²) in [5, 5.41) is 0.835.